The van der Waals surface area contributed by atoms with Gasteiger partial charge in [-0.2, -0.15) is 0 Å². The first-order chi connectivity index (χ1) is 12.4. The van der Waals surface area contributed by atoms with E-state index in [2.05, 4.69) is 5.32 Å². The van der Waals surface area contributed by atoms with Gasteiger partial charge in [-0.1, -0.05) is 6.07 Å². The van der Waals surface area contributed by atoms with E-state index in [0.717, 1.165) is 0 Å². The highest BCUT2D eigenvalue weighted by molar-refractivity contribution is 7.99. The van der Waals surface area contributed by atoms with E-state index in [0.29, 0.717) is 11.3 Å². The number of nitrogens with one attached hydrogen (secondary N) is 1. The Morgan fingerprint density at radius 2 is 2.12 bits per heavy atom. The van der Waals surface area contributed by atoms with Crippen LogP contribution in [-0.2, 0) is 20.1 Å². The standard InChI is InChI=1S/C16H20N2O7S/c1-24-13-3-2-11(8-12(13)18(22)23)9-26-10-14(19)17-16(15(20)21)4-6-25-7-5-16/h2-3,8H,4-7,9-10H2,1H3,(H,17,19)(H,20,21). The van der Waals surface area contributed by atoms with Crippen LogP contribution in [0.3, 0.4) is 0 Å². The molecule has 1 aliphatic heterocycles. The number of methoxy groups -OCH3 is 1. The van der Waals surface area contributed by atoms with E-state index < -0.39 is 16.4 Å². The number of carboxylic acid groups (broad SMARTS) is 1. The number of hydrogen-bond donors (Lipinski definition) is 2. The van der Waals surface area contributed by atoms with Gasteiger partial charge in [-0.3, -0.25) is 14.9 Å². The smallest absolute Gasteiger partial charge is 0.329 e. The third-order valence-electron chi connectivity index (χ3n) is 4.08. The van der Waals surface area contributed by atoms with Crippen molar-refractivity contribution < 1.29 is 29.1 Å². The number of aliphatic carboxylic acids is 1. The Morgan fingerprint density at radius 1 is 1.42 bits per heavy atom. The summed E-state index contributed by atoms with van der Waals surface area (Å²) in [7, 11) is 1.36. The average molecular weight is 384 g/mol. The number of carbonyl (C=O) groups is 2. The van der Waals surface area contributed by atoms with Crippen LogP contribution in [0.15, 0.2) is 18.2 Å². The SMILES string of the molecule is COc1ccc(CSCC(=O)NC2(C(=O)O)CCOCC2)cc1[N+](=O)[O-]. The lowest BCUT2D eigenvalue weighted by Crippen LogP contribution is -2.57. The number of amides is 1. The number of nitro benzene ring substituents is 1. The molecule has 1 saturated heterocycles. The fraction of sp³-hybridized carbons (Fsp3) is 0.500. The molecule has 1 aromatic rings. The molecule has 0 bridgehead atoms. The minimum Gasteiger partial charge on any atom is -0.490 e. The Morgan fingerprint density at radius 3 is 2.69 bits per heavy atom. The fourth-order valence-corrected chi connectivity index (χ4v) is 3.42. The summed E-state index contributed by atoms with van der Waals surface area (Å²) in [6.07, 6.45) is 0.451. The molecule has 0 radical (unpaired) electrons. The highest BCUT2D eigenvalue weighted by Crippen LogP contribution is 2.29. The summed E-state index contributed by atoms with van der Waals surface area (Å²) in [5.41, 5.74) is -0.745. The highest BCUT2D eigenvalue weighted by atomic mass is 32.2. The summed E-state index contributed by atoms with van der Waals surface area (Å²) >= 11 is 1.25. The fourth-order valence-electron chi connectivity index (χ4n) is 2.64. The van der Waals surface area contributed by atoms with E-state index in [4.69, 9.17) is 9.47 Å². The normalized spacial score (nSPS) is 15.9. The number of rotatable bonds is 8. The quantitative estimate of drug-likeness (QED) is 0.511. The van der Waals surface area contributed by atoms with Gasteiger partial charge in [0.05, 0.1) is 17.8 Å². The van der Waals surface area contributed by atoms with Gasteiger partial charge in [0.25, 0.3) is 0 Å². The predicted octanol–water partition coefficient (Wildman–Crippen LogP) is 1.59. The summed E-state index contributed by atoms with van der Waals surface area (Å²) in [4.78, 5) is 34.1. The summed E-state index contributed by atoms with van der Waals surface area (Å²) < 4.78 is 10.1. The minimum atomic E-state index is -1.28. The third kappa shape index (κ3) is 4.85. The summed E-state index contributed by atoms with van der Waals surface area (Å²) in [6, 6.07) is 4.60. The molecule has 0 aliphatic carbocycles. The van der Waals surface area contributed by atoms with Crippen molar-refractivity contribution in [2.24, 2.45) is 0 Å². The molecule has 0 atom stereocenters. The number of ether oxygens (including phenoxy) is 2. The van der Waals surface area contributed by atoms with Gasteiger partial charge in [-0.15, -0.1) is 11.8 Å². The number of benzene rings is 1. The molecular weight excluding hydrogens is 364 g/mol. The largest absolute Gasteiger partial charge is 0.490 e. The maximum atomic E-state index is 12.1. The number of carboxylic acids is 1. The van der Waals surface area contributed by atoms with Crippen LogP contribution in [0.2, 0.25) is 0 Å². The Labute approximate surface area is 154 Å². The van der Waals surface area contributed by atoms with Gasteiger partial charge in [0.2, 0.25) is 5.91 Å². The van der Waals surface area contributed by atoms with Crippen molar-refractivity contribution in [3.63, 3.8) is 0 Å². The maximum absolute atomic E-state index is 12.1. The van der Waals surface area contributed by atoms with Crippen molar-refractivity contribution in [2.45, 2.75) is 24.1 Å². The zero-order valence-electron chi connectivity index (χ0n) is 14.2. The lowest BCUT2D eigenvalue weighted by atomic mass is 9.90. The number of carbonyl (C=O) groups excluding carboxylic acids is 1. The topological polar surface area (TPSA) is 128 Å². The monoisotopic (exact) mass is 384 g/mol. The average Bonchev–Trinajstić information content (AvgIpc) is 2.62. The van der Waals surface area contributed by atoms with Crippen molar-refractivity contribution >= 4 is 29.3 Å². The second kappa shape index (κ2) is 8.86. The summed E-state index contributed by atoms with van der Waals surface area (Å²) in [5, 5.41) is 23.0. The third-order valence-corrected chi connectivity index (χ3v) is 5.08. The summed E-state index contributed by atoms with van der Waals surface area (Å²) in [6.45, 7) is 0.574. The van der Waals surface area contributed by atoms with Crippen LogP contribution in [0.5, 0.6) is 5.75 Å². The van der Waals surface area contributed by atoms with Gasteiger partial charge >= 0.3 is 11.7 Å². The molecule has 0 aromatic heterocycles. The van der Waals surface area contributed by atoms with Gasteiger partial charge in [0, 0.05) is 37.9 Å². The van der Waals surface area contributed by atoms with Crippen molar-refractivity contribution in [3.8, 4) is 5.75 Å². The van der Waals surface area contributed by atoms with Crippen LogP contribution in [0.4, 0.5) is 5.69 Å². The van der Waals surface area contributed by atoms with Gasteiger partial charge in [-0.25, -0.2) is 4.79 Å². The van der Waals surface area contributed by atoms with Crippen LogP contribution < -0.4 is 10.1 Å². The molecule has 26 heavy (non-hydrogen) atoms. The van der Waals surface area contributed by atoms with E-state index in [9.17, 15) is 24.8 Å². The zero-order chi connectivity index (χ0) is 19.2. The number of nitrogens with zero attached hydrogens (tertiary/aromatic N) is 1. The van der Waals surface area contributed by atoms with Crippen LogP contribution in [0.1, 0.15) is 18.4 Å². The molecule has 0 unspecified atom stereocenters. The first-order valence-corrected chi connectivity index (χ1v) is 9.04. The van der Waals surface area contributed by atoms with Gasteiger partial charge in [-0.05, 0) is 11.6 Å². The van der Waals surface area contributed by atoms with Gasteiger partial charge in [0.15, 0.2) is 5.75 Å². The molecule has 10 heteroatoms. The molecule has 1 fully saturated rings. The van der Waals surface area contributed by atoms with E-state index in [1.165, 1.54) is 31.0 Å². The van der Waals surface area contributed by atoms with Crippen LogP contribution in [-0.4, -0.2) is 53.5 Å². The molecule has 1 amide bonds. The first kappa shape index (κ1) is 20.0. The number of thioether (sulfide) groups is 1. The van der Waals surface area contributed by atoms with Gasteiger partial charge in [0.1, 0.15) is 5.54 Å². The van der Waals surface area contributed by atoms with Gasteiger partial charge < -0.3 is 19.9 Å². The van der Waals surface area contributed by atoms with E-state index >= 15 is 0 Å². The van der Waals surface area contributed by atoms with E-state index in [-0.39, 0.29) is 49.2 Å². The molecule has 142 valence electrons. The molecule has 2 N–H and O–H groups in total. The Hall–Kier alpha value is -2.33. The molecule has 1 aliphatic rings. The zero-order valence-corrected chi connectivity index (χ0v) is 15.0. The molecule has 2 rings (SSSR count). The van der Waals surface area contributed by atoms with Crippen molar-refractivity contribution in [2.75, 3.05) is 26.1 Å². The summed E-state index contributed by atoms with van der Waals surface area (Å²) in [5.74, 6) is -0.853. The minimum absolute atomic E-state index is 0.0513. The van der Waals surface area contributed by atoms with Crippen molar-refractivity contribution in [1.29, 1.82) is 0 Å². The van der Waals surface area contributed by atoms with E-state index in [1.54, 1.807) is 6.07 Å². The molecular formula is C16H20N2O7S. The lowest BCUT2D eigenvalue weighted by molar-refractivity contribution is -0.385. The van der Waals surface area contributed by atoms with Crippen molar-refractivity contribution in [3.05, 3.63) is 33.9 Å². The second-order valence-corrected chi connectivity index (χ2v) is 6.79. The lowest BCUT2D eigenvalue weighted by Gasteiger charge is -2.33. The predicted molar refractivity (Wildman–Crippen MR) is 94.4 cm³/mol. The molecule has 1 heterocycles. The van der Waals surface area contributed by atoms with Crippen LogP contribution in [0, 0.1) is 10.1 Å². The first-order valence-electron chi connectivity index (χ1n) is 7.89. The van der Waals surface area contributed by atoms with E-state index in [1.807, 2.05) is 0 Å². The Bertz CT molecular complexity index is 689. The van der Waals surface area contributed by atoms with Crippen LogP contribution >= 0.6 is 11.8 Å². The maximum Gasteiger partial charge on any atom is 0.329 e. The number of hydrogen-bond acceptors (Lipinski definition) is 7. The molecule has 9 nitrogen and oxygen atoms in total. The Kier molecular flexibility index (Phi) is 6.81. The van der Waals surface area contributed by atoms with Crippen molar-refractivity contribution in [1.82, 2.24) is 5.32 Å². The second-order valence-electron chi connectivity index (χ2n) is 5.80. The molecule has 0 spiro atoms. The molecule has 1 aromatic carbocycles. The molecule has 0 saturated carbocycles. The van der Waals surface area contributed by atoms with Crippen LogP contribution in [0.25, 0.3) is 0 Å². The highest BCUT2D eigenvalue weighted by Gasteiger charge is 2.41. The Balaban J connectivity index is 1.91. The number of nitro groups is 1.